The van der Waals surface area contributed by atoms with Crippen LogP contribution in [0, 0.1) is 13.8 Å². The lowest BCUT2D eigenvalue weighted by molar-refractivity contribution is 1.14. The third kappa shape index (κ3) is 4.97. The Morgan fingerprint density at radius 3 is 1.27 bits per heavy atom. The van der Waals surface area contributed by atoms with Gasteiger partial charge in [0, 0.05) is 22.2 Å². The molecule has 8 bridgehead atoms. The number of aromatic amines is 2. The van der Waals surface area contributed by atoms with Crippen LogP contribution in [0.2, 0.25) is 0 Å². The van der Waals surface area contributed by atoms with E-state index in [9.17, 15) is 0 Å². The summed E-state index contributed by atoms with van der Waals surface area (Å²) >= 11 is 0. The zero-order chi connectivity index (χ0) is 33.7. The quantitative estimate of drug-likeness (QED) is 0.196. The molecular weight excluding hydrogens is 585 g/mol. The number of nitrogens with one attached hydrogen (secondary N) is 2. The van der Waals surface area contributed by atoms with Crippen LogP contribution in [0.15, 0.2) is 72.8 Å². The Hall–Kier alpha value is -4.96. The largest absolute Gasteiger partial charge is 0.354 e. The summed E-state index contributed by atoms with van der Waals surface area (Å²) in [4.78, 5) is 18.9. The van der Waals surface area contributed by atoms with Crippen LogP contribution >= 0.6 is 0 Å². The van der Waals surface area contributed by atoms with Gasteiger partial charge in [0.05, 0.1) is 33.8 Å². The number of aromatic nitrogens is 4. The number of aryl methyl sites for hydroxylation is 4. The summed E-state index contributed by atoms with van der Waals surface area (Å²) in [5.74, 6) is 0. The number of allylic oxidation sites excluding steroid dienone is 4. The molecule has 48 heavy (non-hydrogen) atoms. The van der Waals surface area contributed by atoms with E-state index in [0.29, 0.717) is 0 Å². The van der Waals surface area contributed by atoms with Gasteiger partial charge in [0.15, 0.2) is 0 Å². The van der Waals surface area contributed by atoms with E-state index < -0.39 is 0 Å². The Bertz CT molecular complexity index is 2170. The van der Waals surface area contributed by atoms with E-state index in [0.717, 1.165) is 81.7 Å². The maximum atomic E-state index is 5.49. The van der Waals surface area contributed by atoms with Gasteiger partial charge in [0.2, 0.25) is 0 Å². The molecule has 4 heteroatoms. The first-order valence-electron chi connectivity index (χ1n) is 17.6. The molecule has 5 heterocycles. The molecule has 0 atom stereocenters. The van der Waals surface area contributed by atoms with Crippen molar-refractivity contribution in [1.82, 2.24) is 19.9 Å². The molecule has 242 valence electrons. The summed E-state index contributed by atoms with van der Waals surface area (Å²) in [7, 11) is 0. The lowest BCUT2D eigenvalue weighted by Crippen LogP contribution is -1.93. The molecular formula is C44H46N4. The third-order valence-electron chi connectivity index (χ3n) is 10.6. The Morgan fingerprint density at radius 1 is 0.500 bits per heavy atom. The molecule has 2 aliphatic rings. The van der Waals surface area contributed by atoms with Crippen molar-refractivity contribution in [2.24, 2.45) is 0 Å². The number of hydrogen-bond donors (Lipinski definition) is 2. The highest BCUT2D eigenvalue weighted by molar-refractivity contribution is 6.03. The molecule has 5 aromatic rings. The van der Waals surface area contributed by atoms with Gasteiger partial charge in [-0.3, -0.25) is 0 Å². The number of fused-ring (bicyclic) bond motifs is 8. The fraction of sp³-hybridized carbons (Fsp3) is 0.273. The van der Waals surface area contributed by atoms with Gasteiger partial charge in [-0.15, -0.1) is 0 Å². The summed E-state index contributed by atoms with van der Waals surface area (Å²) in [5.41, 5.74) is 23.6. The fourth-order valence-electron chi connectivity index (χ4n) is 8.09. The minimum absolute atomic E-state index is 0.902. The minimum atomic E-state index is 0.902. The van der Waals surface area contributed by atoms with Gasteiger partial charge in [-0.2, -0.15) is 0 Å². The highest BCUT2D eigenvalue weighted by Gasteiger charge is 2.26. The molecule has 2 N–H and O–H groups in total. The maximum Gasteiger partial charge on any atom is 0.0769 e. The second-order valence-corrected chi connectivity index (χ2v) is 13.1. The summed E-state index contributed by atoms with van der Waals surface area (Å²) < 4.78 is 0. The van der Waals surface area contributed by atoms with Crippen molar-refractivity contribution in [3.63, 3.8) is 0 Å². The van der Waals surface area contributed by atoms with Crippen molar-refractivity contribution in [3.8, 4) is 22.3 Å². The van der Waals surface area contributed by atoms with Crippen molar-refractivity contribution in [3.05, 3.63) is 118 Å². The van der Waals surface area contributed by atoms with E-state index in [2.05, 4.69) is 138 Å². The monoisotopic (exact) mass is 630 g/mol. The summed E-state index contributed by atoms with van der Waals surface area (Å²) in [6.45, 7) is 18.0. The molecule has 2 aromatic carbocycles. The second-order valence-electron chi connectivity index (χ2n) is 13.1. The molecule has 7 rings (SSSR count). The summed E-state index contributed by atoms with van der Waals surface area (Å²) in [6, 6.07) is 26.1. The van der Waals surface area contributed by atoms with E-state index in [1.54, 1.807) is 0 Å². The first kappa shape index (κ1) is 31.6. The van der Waals surface area contributed by atoms with E-state index in [1.807, 2.05) is 0 Å². The molecule has 0 unspecified atom stereocenters. The van der Waals surface area contributed by atoms with Gasteiger partial charge in [-0.25, -0.2) is 9.97 Å². The van der Waals surface area contributed by atoms with Crippen LogP contribution in [0.3, 0.4) is 0 Å². The Kier molecular flexibility index (Phi) is 8.29. The van der Waals surface area contributed by atoms with Crippen LogP contribution in [0.4, 0.5) is 0 Å². The van der Waals surface area contributed by atoms with Gasteiger partial charge >= 0.3 is 0 Å². The number of hydrogen-bond acceptors (Lipinski definition) is 2. The van der Waals surface area contributed by atoms with Crippen molar-refractivity contribution in [2.45, 2.75) is 81.1 Å². The summed E-state index contributed by atoms with van der Waals surface area (Å²) in [5, 5.41) is 0. The van der Waals surface area contributed by atoms with Crippen LogP contribution < -0.4 is 0 Å². The number of nitrogens with zero attached hydrogens (tertiary/aromatic N) is 2. The van der Waals surface area contributed by atoms with Crippen molar-refractivity contribution in [2.75, 3.05) is 0 Å². The van der Waals surface area contributed by atoms with Crippen LogP contribution in [0.5, 0.6) is 0 Å². The van der Waals surface area contributed by atoms with Gasteiger partial charge < -0.3 is 9.97 Å². The molecule has 0 aliphatic carbocycles. The van der Waals surface area contributed by atoms with Crippen LogP contribution in [-0.2, 0) is 12.8 Å². The van der Waals surface area contributed by atoms with Crippen molar-refractivity contribution >= 4 is 44.4 Å². The van der Waals surface area contributed by atoms with Crippen LogP contribution in [0.25, 0.3) is 66.6 Å². The second kappa shape index (κ2) is 12.6. The molecule has 2 aliphatic heterocycles. The van der Waals surface area contributed by atoms with Crippen molar-refractivity contribution in [1.29, 1.82) is 0 Å². The zero-order valence-corrected chi connectivity index (χ0v) is 29.7. The maximum absolute atomic E-state index is 5.49. The Labute approximate surface area is 284 Å². The average molecular weight is 631 g/mol. The van der Waals surface area contributed by atoms with E-state index in [4.69, 9.17) is 9.97 Å². The topological polar surface area (TPSA) is 57.4 Å². The lowest BCUT2D eigenvalue weighted by atomic mass is 9.93. The molecule has 3 aromatic heterocycles. The third-order valence-corrected chi connectivity index (χ3v) is 10.6. The average Bonchev–Trinajstić information content (AvgIpc) is 3.79. The van der Waals surface area contributed by atoms with E-state index in [-0.39, 0.29) is 0 Å². The molecule has 0 fully saturated rings. The fourth-order valence-corrected chi connectivity index (χ4v) is 8.09. The zero-order valence-electron chi connectivity index (χ0n) is 29.7. The lowest BCUT2D eigenvalue weighted by Gasteiger charge is -2.10. The van der Waals surface area contributed by atoms with E-state index in [1.165, 1.54) is 55.7 Å². The van der Waals surface area contributed by atoms with Crippen LogP contribution in [-0.4, -0.2) is 19.9 Å². The summed E-state index contributed by atoms with van der Waals surface area (Å²) in [6.07, 6.45) is 3.65. The number of rotatable bonds is 6. The SMILES string of the molecule is CCC1=C(C)c2nc1cc1[nH]c(c(C)c1CC)c(-c1ccccc1)c1[nH]c(cc3nc(c2-c2ccccc2)C(C)=C3CC)c(CC)c1C. The van der Waals surface area contributed by atoms with Crippen molar-refractivity contribution < 1.29 is 0 Å². The highest BCUT2D eigenvalue weighted by Crippen LogP contribution is 2.44. The minimum Gasteiger partial charge on any atom is -0.354 e. The molecule has 0 radical (unpaired) electrons. The van der Waals surface area contributed by atoms with Gasteiger partial charge in [0.1, 0.15) is 0 Å². The van der Waals surface area contributed by atoms with Gasteiger partial charge in [-0.1, -0.05) is 88.4 Å². The van der Waals surface area contributed by atoms with Gasteiger partial charge in [-0.05, 0) is 121 Å². The molecule has 0 spiro atoms. The standard InChI is InChI=1S/C44H46N4/c1-9-31-25(5)41-39(29-19-15-13-16-20-29)42-27(7)33(11-3)37(47-42)24-38-34(12-4)28(8)44(48-38)40(30-21-17-14-18-22-30)43-26(6)32(10-2)36(46-43)23-35(31)45-41/h13-24,45,47H,9-12H2,1-8H3. The van der Waals surface area contributed by atoms with E-state index >= 15 is 0 Å². The molecule has 0 amide bonds. The predicted molar refractivity (Wildman–Crippen MR) is 206 cm³/mol. The molecule has 0 saturated carbocycles. The first-order valence-corrected chi connectivity index (χ1v) is 17.6. The highest BCUT2D eigenvalue weighted by atomic mass is 14.8. The predicted octanol–water partition coefficient (Wildman–Crippen LogP) is 12.1. The van der Waals surface area contributed by atoms with Gasteiger partial charge in [0.25, 0.3) is 0 Å². The first-order chi connectivity index (χ1) is 23.3. The smallest absolute Gasteiger partial charge is 0.0769 e. The Balaban J connectivity index is 1.78. The number of benzene rings is 2. The normalized spacial score (nSPS) is 13.2. The molecule has 4 nitrogen and oxygen atoms in total. The molecule has 0 saturated heterocycles. The number of H-pyrrole nitrogens is 2. The van der Waals surface area contributed by atoms with Crippen LogP contribution in [0.1, 0.15) is 99.4 Å². The Morgan fingerprint density at radius 2 is 0.896 bits per heavy atom.